The third-order valence-corrected chi connectivity index (χ3v) is 3.69. The topological polar surface area (TPSA) is 74.2 Å². The zero-order chi connectivity index (χ0) is 14.3. The number of carbonyl (C=O) groups excluding carboxylic acids is 1. The first-order chi connectivity index (χ1) is 9.05. The van der Waals surface area contributed by atoms with Gasteiger partial charge in [0.2, 0.25) is 0 Å². The smallest absolute Gasteiger partial charge is 0.315 e. The Morgan fingerprint density at radius 2 is 2.26 bits per heavy atom. The molecule has 0 spiro atoms. The SMILES string of the molecule is CCc1nc(CNC(=O)NC(CO)CC(C)C)cs1. The molecule has 0 aliphatic heterocycles. The Morgan fingerprint density at radius 3 is 2.79 bits per heavy atom. The second kappa shape index (κ2) is 8.12. The summed E-state index contributed by atoms with van der Waals surface area (Å²) in [5, 5.41) is 17.7. The molecule has 0 aliphatic carbocycles. The normalized spacial score (nSPS) is 12.5. The van der Waals surface area contributed by atoms with Gasteiger partial charge in [-0.1, -0.05) is 20.8 Å². The molecule has 6 heteroatoms. The number of aromatic nitrogens is 1. The molecule has 0 bridgehead atoms. The number of amides is 2. The summed E-state index contributed by atoms with van der Waals surface area (Å²) in [7, 11) is 0. The van der Waals surface area contributed by atoms with E-state index in [1.165, 1.54) is 0 Å². The van der Waals surface area contributed by atoms with Crippen LogP contribution in [0.5, 0.6) is 0 Å². The molecule has 1 atom stereocenters. The molecule has 0 aromatic carbocycles. The molecule has 2 amide bonds. The summed E-state index contributed by atoms with van der Waals surface area (Å²) < 4.78 is 0. The Labute approximate surface area is 118 Å². The molecular weight excluding hydrogens is 262 g/mol. The van der Waals surface area contributed by atoms with Crippen molar-refractivity contribution in [1.29, 1.82) is 0 Å². The zero-order valence-corrected chi connectivity index (χ0v) is 12.6. The van der Waals surface area contributed by atoms with Gasteiger partial charge in [-0.15, -0.1) is 11.3 Å². The summed E-state index contributed by atoms with van der Waals surface area (Å²) >= 11 is 1.61. The van der Waals surface area contributed by atoms with Crippen molar-refractivity contribution < 1.29 is 9.90 Å². The molecule has 5 nitrogen and oxygen atoms in total. The third kappa shape index (κ3) is 6.02. The van der Waals surface area contributed by atoms with E-state index in [1.807, 2.05) is 5.38 Å². The number of aliphatic hydroxyl groups is 1. The molecule has 0 saturated heterocycles. The van der Waals surface area contributed by atoms with Gasteiger partial charge in [0.25, 0.3) is 0 Å². The highest BCUT2D eigenvalue weighted by molar-refractivity contribution is 7.09. The van der Waals surface area contributed by atoms with Crippen molar-refractivity contribution in [2.75, 3.05) is 6.61 Å². The number of aliphatic hydroxyl groups excluding tert-OH is 1. The summed E-state index contributed by atoms with van der Waals surface area (Å²) in [5.41, 5.74) is 0.876. The van der Waals surface area contributed by atoms with Crippen molar-refractivity contribution in [2.45, 2.75) is 46.2 Å². The van der Waals surface area contributed by atoms with Crippen LogP contribution in [0.3, 0.4) is 0 Å². The fourth-order valence-corrected chi connectivity index (χ4v) is 2.49. The zero-order valence-electron chi connectivity index (χ0n) is 11.8. The molecule has 1 unspecified atom stereocenters. The summed E-state index contributed by atoms with van der Waals surface area (Å²) in [6, 6.07) is -0.451. The quantitative estimate of drug-likeness (QED) is 0.716. The van der Waals surface area contributed by atoms with Crippen molar-refractivity contribution in [3.8, 4) is 0 Å². The molecule has 1 aromatic heterocycles. The van der Waals surface area contributed by atoms with Crippen LogP contribution in [0.1, 0.15) is 37.9 Å². The van der Waals surface area contributed by atoms with Crippen LogP contribution in [0, 0.1) is 5.92 Å². The first kappa shape index (κ1) is 15.9. The van der Waals surface area contributed by atoms with E-state index in [2.05, 4.69) is 36.4 Å². The highest BCUT2D eigenvalue weighted by Gasteiger charge is 2.12. The first-order valence-corrected chi connectivity index (χ1v) is 7.51. The number of carbonyl (C=O) groups is 1. The van der Waals surface area contributed by atoms with Gasteiger partial charge in [-0.05, 0) is 18.8 Å². The molecule has 1 rings (SSSR count). The number of aryl methyl sites for hydroxylation is 1. The van der Waals surface area contributed by atoms with Gasteiger partial charge < -0.3 is 15.7 Å². The third-order valence-electron chi connectivity index (χ3n) is 2.64. The molecule has 19 heavy (non-hydrogen) atoms. The van der Waals surface area contributed by atoms with E-state index in [9.17, 15) is 9.90 Å². The minimum absolute atomic E-state index is 0.0394. The van der Waals surface area contributed by atoms with Gasteiger partial charge in [0.15, 0.2) is 0 Å². The van der Waals surface area contributed by atoms with E-state index in [4.69, 9.17) is 0 Å². The maximum atomic E-state index is 11.7. The molecule has 0 aliphatic rings. The van der Waals surface area contributed by atoms with Crippen LogP contribution in [0.25, 0.3) is 0 Å². The standard InChI is InChI=1S/C13H23N3O2S/c1-4-12-15-11(8-19-12)6-14-13(18)16-10(7-17)5-9(2)3/h8-10,17H,4-7H2,1-3H3,(H2,14,16,18). The number of rotatable bonds is 7. The van der Waals surface area contributed by atoms with Gasteiger partial charge in [0.1, 0.15) is 0 Å². The van der Waals surface area contributed by atoms with Crippen LogP contribution in [-0.4, -0.2) is 28.8 Å². The molecule has 3 N–H and O–H groups in total. The monoisotopic (exact) mass is 285 g/mol. The lowest BCUT2D eigenvalue weighted by Gasteiger charge is -2.18. The van der Waals surface area contributed by atoms with E-state index >= 15 is 0 Å². The van der Waals surface area contributed by atoms with E-state index < -0.39 is 0 Å². The molecule has 1 heterocycles. The van der Waals surface area contributed by atoms with Crippen LogP contribution in [0.2, 0.25) is 0 Å². The average Bonchev–Trinajstić information content (AvgIpc) is 2.83. The van der Waals surface area contributed by atoms with Crippen LogP contribution in [0.15, 0.2) is 5.38 Å². The Kier molecular flexibility index (Phi) is 6.80. The highest BCUT2D eigenvalue weighted by atomic mass is 32.1. The Bertz CT molecular complexity index is 393. The number of thiazole rings is 1. The number of nitrogens with zero attached hydrogens (tertiary/aromatic N) is 1. The lowest BCUT2D eigenvalue weighted by Crippen LogP contribution is -2.44. The van der Waals surface area contributed by atoms with Gasteiger partial charge >= 0.3 is 6.03 Å². The van der Waals surface area contributed by atoms with Gasteiger partial charge in [-0.3, -0.25) is 0 Å². The number of nitrogens with one attached hydrogen (secondary N) is 2. The number of hydrogen-bond acceptors (Lipinski definition) is 4. The summed E-state index contributed by atoms with van der Waals surface area (Å²) in [4.78, 5) is 16.1. The second-order valence-corrected chi connectivity index (χ2v) is 5.86. The van der Waals surface area contributed by atoms with Crippen molar-refractivity contribution in [3.63, 3.8) is 0 Å². The minimum atomic E-state index is -0.259. The summed E-state index contributed by atoms with van der Waals surface area (Å²) in [5.74, 6) is 0.433. The number of urea groups is 1. The molecule has 0 radical (unpaired) electrons. The largest absolute Gasteiger partial charge is 0.394 e. The molecule has 108 valence electrons. The van der Waals surface area contributed by atoms with Gasteiger partial charge in [0, 0.05) is 5.38 Å². The summed E-state index contributed by atoms with van der Waals surface area (Å²) in [6.45, 7) is 6.55. The maximum absolute atomic E-state index is 11.7. The van der Waals surface area contributed by atoms with Crippen molar-refractivity contribution in [1.82, 2.24) is 15.6 Å². The lowest BCUT2D eigenvalue weighted by atomic mass is 10.0. The van der Waals surface area contributed by atoms with Crippen molar-refractivity contribution >= 4 is 17.4 Å². The lowest BCUT2D eigenvalue weighted by molar-refractivity contribution is 0.206. The van der Waals surface area contributed by atoms with Crippen LogP contribution in [0.4, 0.5) is 4.79 Å². The fourth-order valence-electron chi connectivity index (χ4n) is 1.75. The maximum Gasteiger partial charge on any atom is 0.315 e. The fraction of sp³-hybridized carbons (Fsp3) is 0.692. The van der Waals surface area contributed by atoms with Crippen LogP contribution < -0.4 is 10.6 Å². The number of hydrogen-bond donors (Lipinski definition) is 3. The Balaban J connectivity index is 2.34. The van der Waals surface area contributed by atoms with Gasteiger partial charge in [0.05, 0.1) is 29.9 Å². The molecule has 0 fully saturated rings. The van der Waals surface area contributed by atoms with Crippen molar-refractivity contribution in [2.24, 2.45) is 5.92 Å². The first-order valence-electron chi connectivity index (χ1n) is 6.63. The van der Waals surface area contributed by atoms with Gasteiger partial charge in [-0.25, -0.2) is 9.78 Å². The predicted octanol–water partition coefficient (Wildman–Crippen LogP) is 1.91. The second-order valence-electron chi connectivity index (χ2n) is 4.92. The van der Waals surface area contributed by atoms with E-state index in [1.54, 1.807) is 11.3 Å². The highest BCUT2D eigenvalue weighted by Crippen LogP contribution is 2.09. The van der Waals surface area contributed by atoms with E-state index in [-0.39, 0.29) is 18.7 Å². The predicted molar refractivity (Wildman–Crippen MR) is 77.2 cm³/mol. The minimum Gasteiger partial charge on any atom is -0.394 e. The van der Waals surface area contributed by atoms with Crippen LogP contribution in [-0.2, 0) is 13.0 Å². The average molecular weight is 285 g/mol. The Hall–Kier alpha value is -1.14. The van der Waals surface area contributed by atoms with E-state index in [0.29, 0.717) is 12.5 Å². The molecule has 1 aromatic rings. The van der Waals surface area contributed by atoms with E-state index in [0.717, 1.165) is 23.5 Å². The van der Waals surface area contributed by atoms with Crippen molar-refractivity contribution in [3.05, 3.63) is 16.1 Å². The molecule has 0 saturated carbocycles. The Morgan fingerprint density at radius 1 is 1.53 bits per heavy atom. The van der Waals surface area contributed by atoms with Gasteiger partial charge in [-0.2, -0.15) is 0 Å². The molecular formula is C13H23N3O2S. The van der Waals surface area contributed by atoms with Crippen LogP contribution >= 0.6 is 11.3 Å². The summed E-state index contributed by atoms with van der Waals surface area (Å²) in [6.07, 6.45) is 1.68.